The second-order valence-electron chi connectivity index (χ2n) is 6.64. The molecule has 1 heterocycles. The molecule has 3 N–H and O–H groups in total. The van der Waals surface area contributed by atoms with Gasteiger partial charge in [0.2, 0.25) is 10.0 Å². The van der Waals surface area contributed by atoms with Crippen molar-refractivity contribution in [1.82, 2.24) is 4.90 Å². The Bertz CT molecular complexity index is 997. The highest BCUT2D eigenvalue weighted by Crippen LogP contribution is 2.33. The number of hydrogen-bond acceptors (Lipinski definition) is 5. The Kier molecular flexibility index (Phi) is 6.20. The molecular weight excluding hydrogens is 403 g/mol. The maximum absolute atomic E-state index is 14.5. The maximum atomic E-state index is 14.5. The average molecular weight is 423 g/mol. The first-order valence-corrected chi connectivity index (χ1v) is 10.7. The van der Waals surface area contributed by atoms with Gasteiger partial charge < -0.3 is 5.32 Å². The van der Waals surface area contributed by atoms with Gasteiger partial charge in [0, 0.05) is 17.1 Å². The Morgan fingerprint density at radius 3 is 2.61 bits per heavy atom. The highest BCUT2D eigenvalue weighted by Gasteiger charge is 2.27. The molecule has 0 aromatic heterocycles. The van der Waals surface area contributed by atoms with Crippen molar-refractivity contribution in [3.63, 3.8) is 0 Å². The summed E-state index contributed by atoms with van der Waals surface area (Å²) in [6, 6.07) is 10.3. The van der Waals surface area contributed by atoms with Gasteiger partial charge in [-0.2, -0.15) is 5.26 Å². The number of nitrogens with one attached hydrogen (secondary N) is 1. The van der Waals surface area contributed by atoms with Gasteiger partial charge in [0.25, 0.3) is 0 Å². The Hall–Kier alpha value is -2.18. The minimum atomic E-state index is -3.90. The number of sulfonamides is 1. The first-order valence-electron chi connectivity index (χ1n) is 8.80. The van der Waals surface area contributed by atoms with E-state index < -0.39 is 10.0 Å². The van der Waals surface area contributed by atoms with Crippen LogP contribution in [0.4, 0.5) is 10.1 Å². The number of primary sulfonamides is 1. The zero-order chi connectivity index (χ0) is 20.3. The van der Waals surface area contributed by atoms with Gasteiger partial charge in [0.1, 0.15) is 11.9 Å². The molecule has 1 unspecified atom stereocenters. The van der Waals surface area contributed by atoms with E-state index in [0.29, 0.717) is 22.8 Å². The molecule has 1 aliphatic rings. The van der Waals surface area contributed by atoms with Gasteiger partial charge in [-0.1, -0.05) is 17.7 Å². The third-order valence-electron chi connectivity index (χ3n) is 4.84. The van der Waals surface area contributed by atoms with Crippen LogP contribution in [0.1, 0.15) is 30.0 Å². The van der Waals surface area contributed by atoms with E-state index in [1.165, 1.54) is 24.3 Å². The Morgan fingerprint density at radius 2 is 2.00 bits per heavy atom. The van der Waals surface area contributed by atoms with Gasteiger partial charge in [-0.3, -0.25) is 4.90 Å². The fourth-order valence-corrected chi connectivity index (χ4v) is 4.28. The molecule has 1 saturated heterocycles. The molecule has 0 radical (unpaired) electrons. The van der Waals surface area contributed by atoms with Crippen LogP contribution < -0.4 is 10.5 Å². The lowest BCUT2D eigenvalue weighted by Crippen LogP contribution is -2.32. The third-order valence-corrected chi connectivity index (χ3v) is 6.08. The minimum Gasteiger partial charge on any atom is -0.382 e. The van der Waals surface area contributed by atoms with E-state index in [1.807, 2.05) is 6.07 Å². The molecule has 1 atom stereocenters. The normalized spacial score (nSPS) is 15.9. The van der Waals surface area contributed by atoms with Crippen LogP contribution in [0, 0.1) is 17.1 Å². The highest BCUT2D eigenvalue weighted by atomic mass is 35.5. The summed E-state index contributed by atoms with van der Waals surface area (Å²) in [5.74, 6) is -0.378. The second kappa shape index (κ2) is 8.45. The van der Waals surface area contributed by atoms with Crippen LogP contribution in [0.2, 0.25) is 5.02 Å². The number of nitrogens with two attached hydrogens (primary N) is 1. The summed E-state index contributed by atoms with van der Waals surface area (Å²) in [6.45, 7) is 1.96. The SMILES string of the molecule is N#Cc1cc(S(N)(=O)=O)ccc1NCC(c1c(F)cccc1Cl)N1CCCC1. The molecule has 3 rings (SSSR count). The second-order valence-corrected chi connectivity index (χ2v) is 8.61. The monoisotopic (exact) mass is 422 g/mol. The van der Waals surface area contributed by atoms with Crippen LogP contribution in [0.5, 0.6) is 0 Å². The summed E-state index contributed by atoms with van der Waals surface area (Å²) < 4.78 is 37.5. The van der Waals surface area contributed by atoms with Crippen molar-refractivity contribution in [3.8, 4) is 6.07 Å². The molecule has 148 valence electrons. The zero-order valence-corrected chi connectivity index (χ0v) is 16.6. The van der Waals surface area contributed by atoms with Gasteiger partial charge in [0.15, 0.2) is 0 Å². The lowest BCUT2D eigenvalue weighted by atomic mass is 10.0. The van der Waals surface area contributed by atoms with Crippen molar-refractivity contribution in [2.45, 2.75) is 23.8 Å². The van der Waals surface area contributed by atoms with Gasteiger partial charge >= 0.3 is 0 Å². The Morgan fingerprint density at radius 1 is 1.29 bits per heavy atom. The molecule has 1 fully saturated rings. The number of likely N-dealkylation sites (tertiary alicyclic amines) is 1. The van der Waals surface area contributed by atoms with Crippen LogP contribution in [-0.2, 0) is 10.0 Å². The molecule has 28 heavy (non-hydrogen) atoms. The number of halogens is 2. The largest absolute Gasteiger partial charge is 0.382 e. The quantitative estimate of drug-likeness (QED) is 0.744. The average Bonchev–Trinajstić information content (AvgIpc) is 3.17. The number of hydrogen-bond donors (Lipinski definition) is 2. The van der Waals surface area contributed by atoms with E-state index in [2.05, 4.69) is 10.2 Å². The fraction of sp³-hybridized carbons (Fsp3) is 0.316. The van der Waals surface area contributed by atoms with E-state index >= 15 is 0 Å². The predicted octanol–water partition coefficient (Wildman–Crippen LogP) is 3.25. The number of nitrogens with zero attached hydrogens (tertiary/aromatic N) is 2. The molecular formula is C19H20ClFN4O2S. The van der Waals surface area contributed by atoms with Crippen molar-refractivity contribution in [1.29, 1.82) is 5.26 Å². The van der Waals surface area contributed by atoms with Crippen LogP contribution in [-0.4, -0.2) is 33.0 Å². The first kappa shape index (κ1) is 20.6. The number of benzene rings is 2. The molecule has 0 spiro atoms. The van der Waals surface area contributed by atoms with Crippen LogP contribution in [0.3, 0.4) is 0 Å². The van der Waals surface area contributed by atoms with Crippen LogP contribution in [0.15, 0.2) is 41.3 Å². The molecule has 2 aromatic rings. The van der Waals surface area contributed by atoms with Gasteiger partial charge in [0.05, 0.1) is 22.2 Å². The summed E-state index contributed by atoms with van der Waals surface area (Å²) in [6.07, 6.45) is 2.05. The van der Waals surface area contributed by atoms with Crippen molar-refractivity contribution < 1.29 is 12.8 Å². The van der Waals surface area contributed by atoms with E-state index in [-0.39, 0.29) is 22.3 Å². The lowest BCUT2D eigenvalue weighted by molar-refractivity contribution is 0.250. The molecule has 1 aliphatic heterocycles. The number of rotatable bonds is 6. The fourth-order valence-electron chi connectivity index (χ4n) is 3.45. The summed E-state index contributed by atoms with van der Waals surface area (Å²) >= 11 is 6.29. The van der Waals surface area contributed by atoms with Gasteiger partial charge in [-0.05, 0) is 56.3 Å². The minimum absolute atomic E-state index is 0.136. The van der Waals surface area contributed by atoms with Crippen molar-refractivity contribution in [2.24, 2.45) is 5.14 Å². The highest BCUT2D eigenvalue weighted by molar-refractivity contribution is 7.89. The van der Waals surface area contributed by atoms with Crippen molar-refractivity contribution in [3.05, 3.63) is 58.4 Å². The van der Waals surface area contributed by atoms with Gasteiger partial charge in [-0.15, -0.1) is 0 Å². The molecule has 2 aromatic carbocycles. The van der Waals surface area contributed by atoms with E-state index in [4.69, 9.17) is 16.7 Å². The van der Waals surface area contributed by atoms with E-state index in [0.717, 1.165) is 25.9 Å². The maximum Gasteiger partial charge on any atom is 0.238 e. The predicted molar refractivity (Wildman–Crippen MR) is 106 cm³/mol. The topological polar surface area (TPSA) is 99.2 Å². The zero-order valence-electron chi connectivity index (χ0n) is 15.0. The molecule has 0 saturated carbocycles. The lowest BCUT2D eigenvalue weighted by Gasteiger charge is -2.29. The van der Waals surface area contributed by atoms with E-state index in [9.17, 15) is 18.1 Å². The van der Waals surface area contributed by atoms with Crippen LogP contribution >= 0.6 is 11.6 Å². The summed E-state index contributed by atoms with van der Waals surface area (Å²) in [5.41, 5.74) is 1.01. The third kappa shape index (κ3) is 4.45. The van der Waals surface area contributed by atoms with Crippen molar-refractivity contribution >= 4 is 27.3 Å². The number of nitriles is 1. The molecule has 6 nitrogen and oxygen atoms in total. The standard InChI is InChI=1S/C19H20ClFN4O2S/c20-15-4-3-5-16(21)19(15)18(25-8-1-2-9-25)12-24-17-7-6-14(28(23,26)27)10-13(17)11-22/h3-7,10,18,24H,1-2,8-9,12H2,(H2,23,26,27). The number of anilines is 1. The molecule has 0 aliphatic carbocycles. The molecule has 0 amide bonds. The summed E-state index contributed by atoms with van der Waals surface area (Å²) in [5, 5.41) is 18.0. The van der Waals surface area contributed by atoms with Crippen molar-refractivity contribution in [2.75, 3.05) is 25.0 Å². The van der Waals surface area contributed by atoms with Gasteiger partial charge in [-0.25, -0.2) is 17.9 Å². The summed E-state index contributed by atoms with van der Waals surface area (Å²) in [7, 11) is -3.90. The Balaban J connectivity index is 1.90. The summed E-state index contributed by atoms with van der Waals surface area (Å²) in [4.78, 5) is 2.02. The smallest absolute Gasteiger partial charge is 0.238 e. The molecule has 0 bridgehead atoms. The van der Waals surface area contributed by atoms with Crippen LogP contribution in [0.25, 0.3) is 0 Å². The molecule has 9 heteroatoms. The van der Waals surface area contributed by atoms with E-state index in [1.54, 1.807) is 12.1 Å². The Labute approximate surface area is 168 Å². The first-order chi connectivity index (χ1) is 13.3.